The molecular weight excluding hydrogens is 176 g/mol. The molecule has 1 aromatic carbocycles. The van der Waals surface area contributed by atoms with E-state index >= 15 is 0 Å². The quantitative estimate of drug-likeness (QED) is 0.682. The predicted molar refractivity (Wildman–Crippen MR) is 64.2 cm³/mol. The van der Waals surface area contributed by atoms with E-state index in [0.29, 0.717) is 11.4 Å². The average Bonchev–Trinajstić information content (AvgIpc) is 2.21. The number of benzene rings is 1. The van der Waals surface area contributed by atoms with Crippen molar-refractivity contribution in [2.45, 2.75) is 20.8 Å². The van der Waals surface area contributed by atoms with Gasteiger partial charge in [-0.05, 0) is 25.1 Å². The fraction of sp³-hybridized carbons (Fsp3) is 0.455. The second-order valence-electron chi connectivity index (χ2n) is 2.25. The van der Waals surface area contributed by atoms with E-state index in [4.69, 9.17) is 11.5 Å². The van der Waals surface area contributed by atoms with Crippen LogP contribution in [0.4, 0.5) is 11.4 Å². The van der Waals surface area contributed by atoms with Crippen LogP contribution in [0.5, 0.6) is 0 Å². The predicted octanol–water partition coefficient (Wildman–Crippen LogP) is 2.53. The topological polar surface area (TPSA) is 61.3 Å². The zero-order chi connectivity index (χ0) is 11.4. The minimum absolute atomic E-state index is 0.713. The number of ether oxygens (including phenoxy) is 1. The van der Waals surface area contributed by atoms with Crippen LogP contribution in [-0.4, -0.2) is 13.7 Å². The van der Waals surface area contributed by atoms with Gasteiger partial charge in [-0.25, -0.2) is 0 Å². The fourth-order valence-corrected chi connectivity index (χ4v) is 0.559. The van der Waals surface area contributed by atoms with Crippen molar-refractivity contribution >= 4 is 11.4 Å². The van der Waals surface area contributed by atoms with E-state index < -0.39 is 0 Å². The number of hydrogen-bond acceptors (Lipinski definition) is 3. The van der Waals surface area contributed by atoms with Crippen LogP contribution in [0.15, 0.2) is 24.3 Å². The number of nitrogens with two attached hydrogens (primary N) is 2. The van der Waals surface area contributed by atoms with Gasteiger partial charge in [0.15, 0.2) is 0 Å². The van der Waals surface area contributed by atoms with Crippen molar-refractivity contribution in [1.29, 1.82) is 0 Å². The SMILES string of the molecule is CC.CCOC.Nc1cccc(N)c1. The smallest absolute Gasteiger partial charge is 0.0433 e. The molecule has 3 heteroatoms. The molecule has 0 heterocycles. The van der Waals surface area contributed by atoms with Gasteiger partial charge in [-0.1, -0.05) is 19.9 Å². The van der Waals surface area contributed by atoms with Crippen LogP contribution in [0.25, 0.3) is 0 Å². The summed E-state index contributed by atoms with van der Waals surface area (Å²) in [4.78, 5) is 0. The summed E-state index contributed by atoms with van der Waals surface area (Å²) in [5.41, 5.74) is 12.2. The third kappa shape index (κ3) is 10.8. The number of nitrogen functional groups attached to an aromatic ring is 2. The summed E-state index contributed by atoms with van der Waals surface area (Å²) in [5, 5.41) is 0. The monoisotopic (exact) mass is 198 g/mol. The minimum Gasteiger partial charge on any atom is -0.399 e. The summed E-state index contributed by atoms with van der Waals surface area (Å²) in [6, 6.07) is 7.15. The Kier molecular flexibility index (Phi) is 12.8. The highest BCUT2D eigenvalue weighted by Crippen LogP contribution is 2.06. The largest absolute Gasteiger partial charge is 0.399 e. The first-order valence-corrected chi connectivity index (χ1v) is 4.80. The molecule has 0 radical (unpaired) electrons. The summed E-state index contributed by atoms with van der Waals surface area (Å²) >= 11 is 0. The van der Waals surface area contributed by atoms with Crippen molar-refractivity contribution in [2.75, 3.05) is 25.2 Å². The maximum absolute atomic E-state index is 5.38. The van der Waals surface area contributed by atoms with Gasteiger partial charge >= 0.3 is 0 Å². The van der Waals surface area contributed by atoms with Crippen LogP contribution in [0.3, 0.4) is 0 Å². The van der Waals surface area contributed by atoms with Crippen molar-refractivity contribution in [3.8, 4) is 0 Å². The Bertz CT molecular complexity index is 195. The molecule has 1 aromatic rings. The zero-order valence-corrected chi connectivity index (χ0v) is 9.58. The van der Waals surface area contributed by atoms with Gasteiger partial charge in [0.25, 0.3) is 0 Å². The first kappa shape index (κ1) is 15.3. The Morgan fingerprint density at radius 3 is 1.64 bits per heavy atom. The van der Waals surface area contributed by atoms with E-state index in [1.165, 1.54) is 0 Å². The lowest BCUT2D eigenvalue weighted by molar-refractivity contribution is 0.215. The van der Waals surface area contributed by atoms with E-state index in [2.05, 4.69) is 4.74 Å². The van der Waals surface area contributed by atoms with E-state index in [1.54, 1.807) is 25.3 Å². The summed E-state index contributed by atoms with van der Waals surface area (Å²) in [6.07, 6.45) is 0. The second-order valence-corrected chi connectivity index (χ2v) is 2.25. The fourth-order valence-electron chi connectivity index (χ4n) is 0.559. The molecular formula is C11H22N2O. The molecule has 3 nitrogen and oxygen atoms in total. The zero-order valence-electron chi connectivity index (χ0n) is 9.58. The first-order chi connectivity index (χ1) is 6.70. The molecule has 82 valence electrons. The van der Waals surface area contributed by atoms with Crippen molar-refractivity contribution in [3.05, 3.63) is 24.3 Å². The maximum Gasteiger partial charge on any atom is 0.0433 e. The molecule has 0 unspecified atom stereocenters. The first-order valence-electron chi connectivity index (χ1n) is 4.80. The summed E-state index contributed by atoms with van der Waals surface area (Å²) in [6.45, 7) is 6.78. The molecule has 0 aliphatic carbocycles. The number of methoxy groups -OCH3 is 1. The number of anilines is 2. The van der Waals surface area contributed by atoms with E-state index in [-0.39, 0.29) is 0 Å². The Balaban J connectivity index is 0. The van der Waals surface area contributed by atoms with E-state index in [1.807, 2.05) is 26.8 Å². The van der Waals surface area contributed by atoms with Crippen LogP contribution in [0.2, 0.25) is 0 Å². The van der Waals surface area contributed by atoms with Crippen LogP contribution in [0.1, 0.15) is 20.8 Å². The normalized spacial score (nSPS) is 7.71. The molecule has 1 rings (SSSR count). The summed E-state index contributed by atoms with van der Waals surface area (Å²) in [7, 11) is 1.68. The van der Waals surface area contributed by atoms with Gasteiger partial charge in [-0.15, -0.1) is 0 Å². The number of rotatable bonds is 1. The molecule has 0 fully saturated rings. The standard InChI is InChI=1S/C6H8N2.C3H8O.C2H6/c7-5-2-1-3-6(8)4-5;1-3-4-2;1-2/h1-4H,7-8H2;3H2,1-2H3;1-2H3. The average molecular weight is 198 g/mol. The van der Waals surface area contributed by atoms with Crippen molar-refractivity contribution in [3.63, 3.8) is 0 Å². The number of hydrogen-bond donors (Lipinski definition) is 2. The highest BCUT2D eigenvalue weighted by molar-refractivity contribution is 5.50. The molecule has 0 saturated carbocycles. The van der Waals surface area contributed by atoms with Gasteiger partial charge in [0.2, 0.25) is 0 Å². The second kappa shape index (κ2) is 11.8. The van der Waals surface area contributed by atoms with E-state index in [9.17, 15) is 0 Å². The lowest BCUT2D eigenvalue weighted by Crippen LogP contribution is -1.87. The highest BCUT2D eigenvalue weighted by Gasteiger charge is 1.81. The molecule has 0 atom stereocenters. The Labute approximate surface area is 87.1 Å². The Morgan fingerprint density at radius 1 is 1.14 bits per heavy atom. The molecule has 0 bridgehead atoms. The van der Waals surface area contributed by atoms with Gasteiger partial charge in [0.05, 0.1) is 0 Å². The van der Waals surface area contributed by atoms with Crippen molar-refractivity contribution in [2.24, 2.45) is 0 Å². The third-order valence-corrected chi connectivity index (χ3v) is 1.20. The lowest BCUT2D eigenvalue weighted by atomic mass is 10.3. The van der Waals surface area contributed by atoms with Crippen LogP contribution < -0.4 is 11.5 Å². The van der Waals surface area contributed by atoms with Crippen LogP contribution in [0, 0.1) is 0 Å². The maximum atomic E-state index is 5.38. The lowest BCUT2D eigenvalue weighted by Gasteiger charge is -1.91. The minimum atomic E-state index is 0.713. The molecule has 0 aliphatic heterocycles. The molecule has 0 amide bonds. The highest BCUT2D eigenvalue weighted by atomic mass is 16.5. The molecule has 0 aliphatic rings. The van der Waals surface area contributed by atoms with Gasteiger partial charge < -0.3 is 16.2 Å². The summed E-state index contributed by atoms with van der Waals surface area (Å²) < 4.78 is 4.54. The van der Waals surface area contributed by atoms with Gasteiger partial charge in [-0.3, -0.25) is 0 Å². The van der Waals surface area contributed by atoms with Crippen molar-refractivity contribution < 1.29 is 4.74 Å². The Hall–Kier alpha value is -1.22. The van der Waals surface area contributed by atoms with Crippen molar-refractivity contribution in [1.82, 2.24) is 0 Å². The van der Waals surface area contributed by atoms with Gasteiger partial charge in [0, 0.05) is 25.1 Å². The third-order valence-electron chi connectivity index (χ3n) is 1.20. The van der Waals surface area contributed by atoms with Gasteiger partial charge in [-0.2, -0.15) is 0 Å². The molecule has 14 heavy (non-hydrogen) atoms. The van der Waals surface area contributed by atoms with Crippen LogP contribution >= 0.6 is 0 Å². The molecule has 4 N–H and O–H groups in total. The van der Waals surface area contributed by atoms with E-state index in [0.717, 1.165) is 6.61 Å². The van der Waals surface area contributed by atoms with Crippen LogP contribution in [-0.2, 0) is 4.74 Å². The Morgan fingerprint density at radius 2 is 1.50 bits per heavy atom. The molecule has 0 saturated heterocycles. The molecule has 0 aromatic heterocycles. The summed E-state index contributed by atoms with van der Waals surface area (Å²) in [5.74, 6) is 0. The van der Waals surface area contributed by atoms with Gasteiger partial charge in [0.1, 0.15) is 0 Å². The molecule has 0 spiro atoms.